The third kappa shape index (κ3) is 5.15. The van der Waals surface area contributed by atoms with Crippen LogP contribution in [0, 0.1) is 5.92 Å². The highest BCUT2D eigenvalue weighted by atomic mass is 35.5. The van der Waals surface area contributed by atoms with Gasteiger partial charge in [-0.15, -0.1) is 0 Å². The molecule has 0 fully saturated rings. The molecule has 1 aromatic rings. The Morgan fingerprint density at radius 1 is 1.28 bits per heavy atom. The Hall–Kier alpha value is -0.280. The van der Waals surface area contributed by atoms with Crippen molar-refractivity contribution < 1.29 is 5.11 Å². The third-order valence-corrected chi connectivity index (χ3v) is 3.43. The molecule has 4 heteroatoms. The minimum absolute atomic E-state index is 0.464. The Labute approximate surface area is 119 Å². The van der Waals surface area contributed by atoms with Crippen LogP contribution >= 0.6 is 23.2 Å². The van der Waals surface area contributed by atoms with Crippen LogP contribution in [0.2, 0.25) is 10.0 Å². The summed E-state index contributed by atoms with van der Waals surface area (Å²) in [6, 6.07) is 5.45. The summed E-state index contributed by atoms with van der Waals surface area (Å²) in [5.74, 6) is 0.464. The van der Waals surface area contributed by atoms with E-state index in [1.54, 1.807) is 0 Å². The van der Waals surface area contributed by atoms with Gasteiger partial charge in [-0.1, -0.05) is 43.1 Å². The number of aliphatic hydroxyl groups is 1. The number of hydrogen-bond donors (Lipinski definition) is 2. The second kappa shape index (κ2) is 6.76. The molecule has 1 rings (SSSR count). The first-order valence-electron chi connectivity index (χ1n) is 6.18. The Balaban J connectivity index is 2.51. The first-order valence-corrected chi connectivity index (χ1v) is 6.93. The van der Waals surface area contributed by atoms with E-state index in [4.69, 9.17) is 23.2 Å². The summed E-state index contributed by atoms with van der Waals surface area (Å²) in [5, 5.41) is 14.7. The zero-order valence-electron chi connectivity index (χ0n) is 11.1. The minimum atomic E-state index is -0.706. The van der Waals surface area contributed by atoms with Crippen LogP contribution < -0.4 is 5.32 Å². The minimum Gasteiger partial charge on any atom is -0.389 e. The van der Waals surface area contributed by atoms with Gasteiger partial charge in [-0.05, 0) is 31.4 Å². The zero-order valence-corrected chi connectivity index (χ0v) is 12.6. The van der Waals surface area contributed by atoms with Crippen LogP contribution in [0.3, 0.4) is 0 Å². The lowest BCUT2D eigenvalue weighted by Gasteiger charge is -2.26. The van der Waals surface area contributed by atoms with Crippen molar-refractivity contribution >= 4 is 23.2 Å². The highest BCUT2D eigenvalue weighted by molar-refractivity contribution is 6.35. The molecule has 0 spiro atoms. The van der Waals surface area contributed by atoms with E-state index in [0.29, 0.717) is 29.1 Å². The fourth-order valence-electron chi connectivity index (χ4n) is 2.11. The van der Waals surface area contributed by atoms with Crippen molar-refractivity contribution in [3.8, 4) is 0 Å². The van der Waals surface area contributed by atoms with Crippen molar-refractivity contribution in [3.05, 3.63) is 33.8 Å². The molecule has 1 aromatic carbocycles. The van der Waals surface area contributed by atoms with Gasteiger partial charge in [0, 0.05) is 28.7 Å². The van der Waals surface area contributed by atoms with Crippen molar-refractivity contribution in [2.24, 2.45) is 5.92 Å². The van der Waals surface area contributed by atoms with Gasteiger partial charge in [0.25, 0.3) is 0 Å². The molecule has 0 saturated carbocycles. The largest absolute Gasteiger partial charge is 0.389 e. The van der Waals surface area contributed by atoms with Crippen LogP contribution in [0.1, 0.15) is 32.8 Å². The Bertz CT molecular complexity index is 371. The van der Waals surface area contributed by atoms with E-state index in [9.17, 15) is 5.11 Å². The molecule has 0 aliphatic heterocycles. The topological polar surface area (TPSA) is 32.3 Å². The Kier molecular flexibility index (Phi) is 5.93. The SMILES string of the molecule is CC(C)CC(C)(O)CNCc1c(Cl)cccc1Cl. The van der Waals surface area contributed by atoms with Crippen molar-refractivity contribution in [1.82, 2.24) is 5.32 Å². The second-order valence-electron chi connectivity index (χ2n) is 5.40. The number of rotatable bonds is 6. The van der Waals surface area contributed by atoms with Crippen molar-refractivity contribution in [2.45, 2.75) is 39.3 Å². The highest BCUT2D eigenvalue weighted by Crippen LogP contribution is 2.24. The molecule has 2 nitrogen and oxygen atoms in total. The van der Waals surface area contributed by atoms with Gasteiger partial charge >= 0.3 is 0 Å². The number of hydrogen-bond acceptors (Lipinski definition) is 2. The monoisotopic (exact) mass is 289 g/mol. The maximum absolute atomic E-state index is 10.2. The summed E-state index contributed by atoms with van der Waals surface area (Å²) in [6.45, 7) is 7.12. The van der Waals surface area contributed by atoms with E-state index >= 15 is 0 Å². The molecule has 1 atom stereocenters. The Morgan fingerprint density at radius 2 is 1.83 bits per heavy atom. The second-order valence-corrected chi connectivity index (χ2v) is 6.21. The van der Waals surface area contributed by atoms with Crippen LogP contribution in [0.15, 0.2) is 18.2 Å². The molecule has 18 heavy (non-hydrogen) atoms. The fourth-order valence-corrected chi connectivity index (χ4v) is 2.64. The number of nitrogens with one attached hydrogen (secondary N) is 1. The van der Waals surface area contributed by atoms with Crippen molar-refractivity contribution in [1.29, 1.82) is 0 Å². The summed E-state index contributed by atoms with van der Waals surface area (Å²) in [4.78, 5) is 0. The van der Waals surface area contributed by atoms with Crippen molar-refractivity contribution in [2.75, 3.05) is 6.54 Å². The molecule has 102 valence electrons. The third-order valence-electron chi connectivity index (χ3n) is 2.72. The van der Waals surface area contributed by atoms with E-state index < -0.39 is 5.60 Å². The van der Waals surface area contributed by atoms with Crippen LogP contribution in [-0.2, 0) is 6.54 Å². The molecule has 1 unspecified atom stereocenters. The zero-order chi connectivity index (χ0) is 13.8. The maximum Gasteiger partial charge on any atom is 0.0746 e. The Morgan fingerprint density at radius 3 is 2.33 bits per heavy atom. The van der Waals surface area contributed by atoms with Gasteiger partial charge in [0.15, 0.2) is 0 Å². The van der Waals surface area contributed by atoms with Crippen LogP contribution in [-0.4, -0.2) is 17.3 Å². The average molecular weight is 290 g/mol. The summed E-state index contributed by atoms with van der Waals surface area (Å²) in [6.07, 6.45) is 0.760. The van der Waals surface area contributed by atoms with Gasteiger partial charge in [-0.25, -0.2) is 0 Å². The summed E-state index contributed by atoms with van der Waals surface area (Å²) >= 11 is 12.2. The van der Waals surface area contributed by atoms with E-state index in [-0.39, 0.29) is 0 Å². The number of halogens is 2. The predicted molar refractivity (Wildman–Crippen MR) is 78.2 cm³/mol. The molecule has 0 saturated heterocycles. The molecule has 0 radical (unpaired) electrons. The van der Waals surface area contributed by atoms with E-state index in [1.807, 2.05) is 25.1 Å². The first kappa shape index (κ1) is 15.8. The normalized spacial score (nSPS) is 14.8. The van der Waals surface area contributed by atoms with Gasteiger partial charge in [-0.2, -0.15) is 0 Å². The van der Waals surface area contributed by atoms with E-state index in [0.717, 1.165) is 12.0 Å². The quantitative estimate of drug-likeness (QED) is 0.833. The molecule has 2 N–H and O–H groups in total. The van der Waals surface area contributed by atoms with Crippen LogP contribution in [0.4, 0.5) is 0 Å². The molecule has 0 aliphatic rings. The molecule has 0 aromatic heterocycles. The van der Waals surface area contributed by atoms with Gasteiger partial charge in [0.2, 0.25) is 0 Å². The molecule has 0 amide bonds. The molecular formula is C14H21Cl2NO. The lowest BCUT2D eigenvalue weighted by molar-refractivity contribution is 0.0383. The molecule has 0 heterocycles. The summed E-state index contributed by atoms with van der Waals surface area (Å²) in [7, 11) is 0. The van der Waals surface area contributed by atoms with Gasteiger partial charge in [0.1, 0.15) is 0 Å². The van der Waals surface area contributed by atoms with Crippen molar-refractivity contribution in [3.63, 3.8) is 0 Å². The van der Waals surface area contributed by atoms with Crippen LogP contribution in [0.25, 0.3) is 0 Å². The first-order chi connectivity index (χ1) is 8.32. The van der Waals surface area contributed by atoms with Gasteiger partial charge in [0.05, 0.1) is 5.60 Å². The predicted octanol–water partition coefficient (Wildman–Crippen LogP) is 3.88. The lowest BCUT2D eigenvalue weighted by atomic mass is 9.94. The smallest absolute Gasteiger partial charge is 0.0746 e. The van der Waals surface area contributed by atoms with E-state index in [2.05, 4.69) is 19.2 Å². The summed E-state index contributed by atoms with van der Waals surface area (Å²) < 4.78 is 0. The molecule has 0 aliphatic carbocycles. The highest BCUT2D eigenvalue weighted by Gasteiger charge is 2.21. The van der Waals surface area contributed by atoms with Crippen LogP contribution in [0.5, 0.6) is 0 Å². The van der Waals surface area contributed by atoms with Gasteiger partial charge in [-0.3, -0.25) is 0 Å². The van der Waals surface area contributed by atoms with Gasteiger partial charge < -0.3 is 10.4 Å². The maximum atomic E-state index is 10.2. The molecule has 0 bridgehead atoms. The standard InChI is InChI=1S/C14H21Cl2NO/c1-10(2)7-14(3,18)9-17-8-11-12(15)5-4-6-13(11)16/h4-6,10,17-18H,7-9H2,1-3H3. The van der Waals surface area contributed by atoms with E-state index in [1.165, 1.54) is 0 Å². The number of benzene rings is 1. The molecular weight excluding hydrogens is 269 g/mol. The lowest BCUT2D eigenvalue weighted by Crippen LogP contribution is -2.38. The summed E-state index contributed by atoms with van der Waals surface area (Å²) in [5.41, 5.74) is 0.170. The fraction of sp³-hybridized carbons (Fsp3) is 0.571. The average Bonchev–Trinajstić information content (AvgIpc) is 2.20.